The monoisotopic (exact) mass is 973 g/mol. The summed E-state index contributed by atoms with van der Waals surface area (Å²) >= 11 is 0. The second kappa shape index (κ2) is 15.0. The van der Waals surface area contributed by atoms with Crippen molar-refractivity contribution in [3.63, 3.8) is 0 Å². The molecule has 0 atom stereocenters. The van der Waals surface area contributed by atoms with Gasteiger partial charge in [0.25, 0.3) is 0 Å². The molecule has 4 aliphatic carbocycles. The fourth-order valence-corrected chi connectivity index (χ4v) is 14.7. The van der Waals surface area contributed by atoms with Crippen molar-refractivity contribution < 1.29 is 4.42 Å². The minimum absolute atomic E-state index is 0.0529. The first kappa shape index (κ1) is 43.7. The van der Waals surface area contributed by atoms with Gasteiger partial charge in [0.1, 0.15) is 5.58 Å². The summed E-state index contributed by atoms with van der Waals surface area (Å²) < 4.78 is 7.27. The number of anilines is 3. The molecule has 0 saturated heterocycles. The van der Waals surface area contributed by atoms with Crippen molar-refractivity contribution in [2.45, 2.75) is 63.2 Å². The lowest BCUT2D eigenvalue weighted by Crippen LogP contribution is -2.27. The van der Waals surface area contributed by atoms with E-state index < -0.39 is 10.8 Å². The second-order valence-corrected chi connectivity index (χ2v) is 23.9. The topological polar surface area (TPSA) is 16.4 Å². The molecule has 0 fully saturated rings. The van der Waals surface area contributed by atoms with Crippen LogP contribution in [0.5, 0.6) is 0 Å². The predicted octanol–water partition coefficient (Wildman–Crippen LogP) is 19.5. The van der Waals surface area contributed by atoms with E-state index in [0.717, 1.165) is 39.0 Å². The number of para-hydroxylation sites is 1. The SMILES string of the molecule is CC(C)(C)c1ccc2c(c1)C1(c3cc(C(C)(C)C)ccc3-2)c2ccccc2-c2c(N(c3ccc4c(c3)C3(c5ccccc5-c5ccccc53)c3ccccc3-4)c3cccc4c3oc3ccc5ccccc5c34)cccc21. The molecule has 76 heavy (non-hydrogen) atoms. The zero-order valence-corrected chi connectivity index (χ0v) is 43.7. The standard InChI is InChI=1S/C74H55NO/c1-71(2,3)45-34-37-52-53-38-35-46(72(4,5)6)42-63(53)74(62(52)41-45)60-29-16-12-24-55(60)69-61(74)30-18-31-65(69)75(66-32-17-25-56-68-48-20-8-7-19-44(48)33-40-67(68)76-70(56)66)47-36-39-54-51-23-11-15-28-59(51)73(64(54)43-47)57-26-13-9-21-49(57)50-22-10-14-27-58(50)73/h7-43H,1-6H3. The van der Waals surface area contributed by atoms with E-state index >= 15 is 0 Å². The fourth-order valence-electron chi connectivity index (χ4n) is 14.7. The Morgan fingerprint density at radius 2 is 0.789 bits per heavy atom. The van der Waals surface area contributed by atoms with Crippen LogP contribution < -0.4 is 4.90 Å². The third-order valence-corrected chi connectivity index (χ3v) is 18.0. The summed E-state index contributed by atoms with van der Waals surface area (Å²) in [6.07, 6.45) is 0. The van der Waals surface area contributed by atoms with E-state index in [9.17, 15) is 0 Å². The summed E-state index contributed by atoms with van der Waals surface area (Å²) in [5, 5.41) is 4.64. The van der Waals surface area contributed by atoms with E-state index in [2.05, 4.69) is 271 Å². The van der Waals surface area contributed by atoms with Crippen LogP contribution in [0.1, 0.15) is 97.2 Å². The minimum Gasteiger partial charge on any atom is -0.454 e. The van der Waals surface area contributed by atoms with Gasteiger partial charge in [0, 0.05) is 22.0 Å². The van der Waals surface area contributed by atoms with Crippen LogP contribution in [0.3, 0.4) is 0 Å². The van der Waals surface area contributed by atoms with Crippen LogP contribution in [0.4, 0.5) is 17.1 Å². The van der Waals surface area contributed by atoms with Crippen LogP contribution in [-0.4, -0.2) is 0 Å². The number of hydrogen-bond donors (Lipinski definition) is 0. The Morgan fingerprint density at radius 1 is 0.342 bits per heavy atom. The highest BCUT2D eigenvalue weighted by Crippen LogP contribution is 2.67. The quantitative estimate of drug-likeness (QED) is 0.175. The van der Waals surface area contributed by atoms with Gasteiger partial charge >= 0.3 is 0 Å². The number of rotatable bonds is 3. The molecule has 0 unspecified atom stereocenters. The first-order chi connectivity index (χ1) is 37.0. The molecule has 0 radical (unpaired) electrons. The molecule has 2 nitrogen and oxygen atoms in total. The van der Waals surface area contributed by atoms with Gasteiger partial charge in [-0.15, -0.1) is 0 Å². The molecule has 1 aromatic heterocycles. The molecule has 12 aromatic rings. The van der Waals surface area contributed by atoms with Crippen LogP contribution >= 0.6 is 0 Å². The van der Waals surface area contributed by atoms with Gasteiger partial charge < -0.3 is 9.32 Å². The van der Waals surface area contributed by atoms with Crippen molar-refractivity contribution in [1.82, 2.24) is 0 Å². The van der Waals surface area contributed by atoms with Crippen LogP contribution in [0, 0.1) is 0 Å². The van der Waals surface area contributed by atoms with Crippen LogP contribution in [0.2, 0.25) is 0 Å². The van der Waals surface area contributed by atoms with E-state index in [1.807, 2.05) is 0 Å². The lowest BCUT2D eigenvalue weighted by molar-refractivity contribution is 0.586. The van der Waals surface area contributed by atoms with Crippen molar-refractivity contribution in [2.24, 2.45) is 0 Å². The van der Waals surface area contributed by atoms with Crippen LogP contribution in [0.15, 0.2) is 229 Å². The highest BCUT2D eigenvalue weighted by atomic mass is 16.3. The molecule has 0 bridgehead atoms. The van der Waals surface area contributed by atoms with Gasteiger partial charge in [-0.3, -0.25) is 0 Å². The van der Waals surface area contributed by atoms with Gasteiger partial charge in [0.05, 0.1) is 22.2 Å². The van der Waals surface area contributed by atoms with Gasteiger partial charge in [-0.2, -0.15) is 0 Å². The number of fused-ring (bicyclic) bond motifs is 25. The maximum absolute atomic E-state index is 7.27. The highest BCUT2D eigenvalue weighted by Gasteiger charge is 2.54. The predicted molar refractivity (Wildman–Crippen MR) is 316 cm³/mol. The van der Waals surface area contributed by atoms with Crippen molar-refractivity contribution in [3.8, 4) is 44.5 Å². The van der Waals surface area contributed by atoms with Gasteiger partial charge in [-0.25, -0.2) is 0 Å². The molecular weight excluding hydrogens is 919 g/mol. The average Bonchev–Trinajstić information content (AvgIpc) is 4.25. The molecule has 2 spiro atoms. The summed E-state index contributed by atoms with van der Waals surface area (Å²) in [6.45, 7) is 14.1. The Bertz CT molecular complexity index is 4380. The van der Waals surface area contributed by atoms with Gasteiger partial charge in [-0.1, -0.05) is 236 Å². The second-order valence-electron chi connectivity index (χ2n) is 23.9. The Kier molecular flexibility index (Phi) is 8.61. The molecule has 0 saturated carbocycles. The van der Waals surface area contributed by atoms with Crippen LogP contribution in [-0.2, 0) is 21.7 Å². The Balaban J connectivity index is 1.03. The van der Waals surface area contributed by atoms with Crippen molar-refractivity contribution in [2.75, 3.05) is 4.90 Å². The summed E-state index contributed by atoms with van der Waals surface area (Å²) in [5.74, 6) is 0. The number of furan rings is 1. The number of benzene rings is 11. The maximum Gasteiger partial charge on any atom is 0.159 e. The van der Waals surface area contributed by atoms with E-state index in [0.29, 0.717) is 0 Å². The van der Waals surface area contributed by atoms with Gasteiger partial charge in [0.2, 0.25) is 0 Å². The third-order valence-electron chi connectivity index (χ3n) is 18.0. The molecule has 0 aliphatic heterocycles. The molecule has 362 valence electrons. The average molecular weight is 974 g/mol. The van der Waals surface area contributed by atoms with Crippen molar-refractivity contribution in [3.05, 3.63) is 280 Å². The third kappa shape index (κ3) is 5.46. The molecule has 1 heterocycles. The fraction of sp³-hybridized carbons (Fsp3) is 0.135. The summed E-state index contributed by atoms with van der Waals surface area (Å²) in [6, 6.07) is 85.7. The highest BCUT2D eigenvalue weighted by molar-refractivity contribution is 6.21. The van der Waals surface area contributed by atoms with E-state index in [-0.39, 0.29) is 10.8 Å². The van der Waals surface area contributed by atoms with Crippen molar-refractivity contribution >= 4 is 49.8 Å². The first-order valence-electron chi connectivity index (χ1n) is 27.1. The van der Waals surface area contributed by atoms with Gasteiger partial charge in [-0.05, 0) is 147 Å². The first-order valence-corrected chi connectivity index (χ1v) is 27.1. The Labute approximate surface area is 444 Å². The zero-order valence-electron chi connectivity index (χ0n) is 43.7. The van der Waals surface area contributed by atoms with Crippen molar-refractivity contribution in [1.29, 1.82) is 0 Å². The maximum atomic E-state index is 7.27. The zero-order chi connectivity index (χ0) is 51.0. The summed E-state index contributed by atoms with van der Waals surface area (Å²) in [7, 11) is 0. The lowest BCUT2D eigenvalue weighted by atomic mass is 9.69. The lowest BCUT2D eigenvalue weighted by Gasteiger charge is -2.34. The van der Waals surface area contributed by atoms with E-state index in [4.69, 9.17) is 4.42 Å². The van der Waals surface area contributed by atoms with E-state index in [1.165, 1.54) is 111 Å². The molecule has 11 aromatic carbocycles. The molecule has 4 aliphatic rings. The molecule has 0 amide bonds. The van der Waals surface area contributed by atoms with E-state index in [1.54, 1.807) is 0 Å². The molecule has 16 rings (SSSR count). The molecule has 2 heteroatoms. The minimum atomic E-state index is -0.577. The van der Waals surface area contributed by atoms with Crippen LogP contribution in [0.25, 0.3) is 77.2 Å². The summed E-state index contributed by atoms with van der Waals surface area (Å²) in [4.78, 5) is 2.55. The molecular formula is C74H55NO. The largest absolute Gasteiger partial charge is 0.454 e. The van der Waals surface area contributed by atoms with Gasteiger partial charge in [0.15, 0.2) is 5.58 Å². The number of nitrogens with zero attached hydrogens (tertiary/aromatic N) is 1. The number of hydrogen-bond acceptors (Lipinski definition) is 2. The summed E-state index contributed by atoms with van der Waals surface area (Å²) in [5.41, 5.74) is 27.3. The smallest absolute Gasteiger partial charge is 0.159 e. The Morgan fingerprint density at radius 3 is 1.39 bits per heavy atom. The Hall–Kier alpha value is -8.72. The molecule has 0 N–H and O–H groups in total. The normalized spacial score (nSPS) is 14.7.